The second kappa shape index (κ2) is 5.21. The number of rotatable bonds is 3. The number of benzene rings is 1. The summed E-state index contributed by atoms with van der Waals surface area (Å²) >= 11 is 1.58. The highest BCUT2D eigenvalue weighted by molar-refractivity contribution is 7.22. The molecule has 0 aliphatic rings. The van der Waals surface area contributed by atoms with E-state index in [2.05, 4.69) is 15.5 Å². The fourth-order valence-corrected chi connectivity index (χ4v) is 3.05. The summed E-state index contributed by atoms with van der Waals surface area (Å²) in [5, 5.41) is 9.96. The van der Waals surface area contributed by atoms with Gasteiger partial charge in [-0.1, -0.05) is 26.0 Å². The molecule has 0 saturated heterocycles. The van der Waals surface area contributed by atoms with E-state index in [1.807, 2.05) is 44.2 Å². The van der Waals surface area contributed by atoms with Crippen LogP contribution in [0.5, 0.6) is 0 Å². The molecule has 4 N–H and O–H groups in total. The zero-order valence-corrected chi connectivity index (χ0v) is 12.6. The lowest BCUT2D eigenvalue weighted by Crippen LogP contribution is -2.17. The second-order valence-corrected chi connectivity index (χ2v) is 6.25. The summed E-state index contributed by atoms with van der Waals surface area (Å²) in [6.45, 7) is 3.71. The number of aromatic nitrogens is 2. The molecule has 6 heteroatoms. The van der Waals surface area contributed by atoms with Gasteiger partial charge in [0.15, 0.2) is 5.82 Å². The second-order valence-electron chi connectivity index (χ2n) is 5.20. The minimum absolute atomic E-state index is 0.0395. The van der Waals surface area contributed by atoms with Crippen molar-refractivity contribution in [3.05, 3.63) is 30.3 Å². The number of nitrogen functional groups attached to an aromatic ring is 1. The fraction of sp³-hybridized carbons (Fsp3) is 0.200. The average molecular weight is 300 g/mol. The number of nitrogens with one attached hydrogen (secondary N) is 2. The zero-order valence-electron chi connectivity index (χ0n) is 11.8. The average Bonchev–Trinajstić information content (AvgIpc) is 3.00. The van der Waals surface area contributed by atoms with Crippen LogP contribution in [0.25, 0.3) is 20.7 Å². The Balaban J connectivity index is 1.98. The van der Waals surface area contributed by atoms with Gasteiger partial charge in [0, 0.05) is 16.5 Å². The van der Waals surface area contributed by atoms with Crippen molar-refractivity contribution in [2.75, 3.05) is 11.1 Å². The lowest BCUT2D eigenvalue weighted by atomic mass is 10.2. The number of H-pyrrole nitrogens is 1. The SMILES string of the molecule is CC(C)C(=O)Nc1n[nH]c2cc(-c3cccc(N)c3)sc12. The van der Waals surface area contributed by atoms with Crippen LogP contribution in [-0.4, -0.2) is 16.1 Å². The molecule has 3 aromatic rings. The first kappa shape index (κ1) is 13.6. The lowest BCUT2D eigenvalue weighted by Gasteiger charge is -2.04. The molecule has 1 amide bonds. The molecule has 5 nitrogen and oxygen atoms in total. The van der Waals surface area contributed by atoms with Crippen molar-refractivity contribution in [3.8, 4) is 10.4 Å². The number of carbonyl (C=O) groups is 1. The maximum absolute atomic E-state index is 11.8. The molecule has 0 unspecified atom stereocenters. The van der Waals surface area contributed by atoms with E-state index in [-0.39, 0.29) is 11.8 Å². The van der Waals surface area contributed by atoms with Crippen molar-refractivity contribution in [1.29, 1.82) is 0 Å². The number of carbonyl (C=O) groups excluding carboxylic acids is 1. The highest BCUT2D eigenvalue weighted by Crippen LogP contribution is 2.36. The minimum atomic E-state index is -0.0786. The van der Waals surface area contributed by atoms with Gasteiger partial charge in [-0.05, 0) is 23.8 Å². The highest BCUT2D eigenvalue weighted by Gasteiger charge is 2.15. The van der Waals surface area contributed by atoms with Gasteiger partial charge in [-0.2, -0.15) is 5.10 Å². The summed E-state index contributed by atoms with van der Waals surface area (Å²) in [7, 11) is 0. The zero-order chi connectivity index (χ0) is 15.0. The number of hydrogen-bond acceptors (Lipinski definition) is 4. The van der Waals surface area contributed by atoms with Gasteiger partial charge in [-0.15, -0.1) is 11.3 Å². The maximum Gasteiger partial charge on any atom is 0.228 e. The van der Waals surface area contributed by atoms with Gasteiger partial charge < -0.3 is 11.1 Å². The van der Waals surface area contributed by atoms with Crippen LogP contribution < -0.4 is 11.1 Å². The molecular weight excluding hydrogens is 284 g/mol. The van der Waals surface area contributed by atoms with Crippen LogP contribution in [0.1, 0.15) is 13.8 Å². The molecule has 108 valence electrons. The Morgan fingerprint density at radius 2 is 2.19 bits per heavy atom. The smallest absolute Gasteiger partial charge is 0.228 e. The van der Waals surface area contributed by atoms with Gasteiger partial charge >= 0.3 is 0 Å². The molecule has 2 aromatic heterocycles. The van der Waals surface area contributed by atoms with E-state index >= 15 is 0 Å². The van der Waals surface area contributed by atoms with Crippen molar-refractivity contribution in [3.63, 3.8) is 0 Å². The topological polar surface area (TPSA) is 83.8 Å². The van der Waals surface area contributed by atoms with E-state index in [0.717, 1.165) is 26.3 Å². The standard InChI is InChI=1S/C15H16N4OS/c1-8(2)15(20)17-14-13-11(18-19-14)7-12(21-13)9-4-3-5-10(16)6-9/h3-8H,16H2,1-2H3,(H2,17,18,19,20). The fourth-order valence-electron chi connectivity index (χ4n) is 2.00. The number of nitrogens with zero attached hydrogens (tertiary/aromatic N) is 1. The van der Waals surface area contributed by atoms with Gasteiger partial charge in [-0.3, -0.25) is 9.89 Å². The molecule has 0 aliphatic heterocycles. The number of nitrogens with two attached hydrogens (primary N) is 1. The number of anilines is 2. The summed E-state index contributed by atoms with van der Waals surface area (Å²) in [6, 6.07) is 9.76. The van der Waals surface area contributed by atoms with Gasteiger partial charge in [0.1, 0.15) is 0 Å². The normalized spacial score (nSPS) is 11.2. The van der Waals surface area contributed by atoms with Crippen LogP contribution >= 0.6 is 11.3 Å². The molecule has 2 heterocycles. The molecule has 1 aromatic carbocycles. The third-order valence-corrected chi connectivity index (χ3v) is 4.36. The third-order valence-electron chi connectivity index (χ3n) is 3.17. The summed E-state index contributed by atoms with van der Waals surface area (Å²) in [5.41, 5.74) is 8.53. The van der Waals surface area contributed by atoms with Crippen LogP contribution in [0.2, 0.25) is 0 Å². The first-order chi connectivity index (χ1) is 10.0. The Labute approximate surface area is 126 Å². The Bertz CT molecular complexity index is 803. The summed E-state index contributed by atoms with van der Waals surface area (Å²) < 4.78 is 0.946. The van der Waals surface area contributed by atoms with Crippen LogP contribution in [0.15, 0.2) is 30.3 Å². The van der Waals surface area contributed by atoms with Crippen molar-refractivity contribution in [2.45, 2.75) is 13.8 Å². The molecular formula is C15H16N4OS. The van der Waals surface area contributed by atoms with Gasteiger partial charge in [0.05, 0.1) is 10.2 Å². The third kappa shape index (κ3) is 2.62. The molecule has 0 radical (unpaired) electrons. The minimum Gasteiger partial charge on any atom is -0.399 e. The molecule has 0 atom stereocenters. The van der Waals surface area contributed by atoms with Crippen molar-refractivity contribution < 1.29 is 4.79 Å². The molecule has 3 rings (SSSR count). The van der Waals surface area contributed by atoms with Gasteiger partial charge in [0.25, 0.3) is 0 Å². The maximum atomic E-state index is 11.8. The van der Waals surface area contributed by atoms with E-state index in [4.69, 9.17) is 5.73 Å². The molecule has 0 aliphatic carbocycles. The molecule has 0 fully saturated rings. The number of amides is 1. The summed E-state index contributed by atoms with van der Waals surface area (Å²) in [6.07, 6.45) is 0. The Morgan fingerprint density at radius 3 is 2.90 bits per heavy atom. The highest BCUT2D eigenvalue weighted by atomic mass is 32.1. The Kier molecular flexibility index (Phi) is 3.39. The quantitative estimate of drug-likeness (QED) is 0.648. The Hall–Kier alpha value is -2.34. The van der Waals surface area contributed by atoms with Gasteiger partial charge in [-0.25, -0.2) is 0 Å². The monoisotopic (exact) mass is 300 g/mol. The Morgan fingerprint density at radius 1 is 1.38 bits per heavy atom. The van der Waals surface area contributed by atoms with Gasteiger partial charge in [0.2, 0.25) is 5.91 Å². The molecule has 21 heavy (non-hydrogen) atoms. The van der Waals surface area contributed by atoms with E-state index in [1.165, 1.54) is 0 Å². The van der Waals surface area contributed by atoms with Crippen LogP contribution in [0.3, 0.4) is 0 Å². The first-order valence-corrected chi connectivity index (χ1v) is 7.51. The van der Waals surface area contributed by atoms with Crippen LogP contribution in [0, 0.1) is 5.92 Å². The summed E-state index contributed by atoms with van der Waals surface area (Å²) in [5.74, 6) is 0.469. The van der Waals surface area contributed by atoms with Crippen LogP contribution in [0.4, 0.5) is 11.5 Å². The predicted molar refractivity (Wildman–Crippen MR) is 87.3 cm³/mol. The molecule has 0 spiro atoms. The van der Waals surface area contributed by atoms with E-state index in [0.29, 0.717) is 5.82 Å². The number of hydrogen-bond donors (Lipinski definition) is 3. The first-order valence-electron chi connectivity index (χ1n) is 6.69. The summed E-state index contributed by atoms with van der Waals surface area (Å²) in [4.78, 5) is 12.9. The molecule has 0 bridgehead atoms. The number of fused-ring (bicyclic) bond motifs is 1. The van der Waals surface area contributed by atoms with E-state index < -0.39 is 0 Å². The van der Waals surface area contributed by atoms with E-state index in [1.54, 1.807) is 11.3 Å². The van der Waals surface area contributed by atoms with Crippen molar-refractivity contribution in [1.82, 2.24) is 10.2 Å². The van der Waals surface area contributed by atoms with Crippen LogP contribution in [-0.2, 0) is 4.79 Å². The van der Waals surface area contributed by atoms with Crippen molar-refractivity contribution in [2.24, 2.45) is 5.92 Å². The van der Waals surface area contributed by atoms with E-state index in [9.17, 15) is 4.79 Å². The lowest BCUT2D eigenvalue weighted by molar-refractivity contribution is -0.118. The largest absolute Gasteiger partial charge is 0.399 e. The predicted octanol–water partition coefficient (Wildman–Crippen LogP) is 3.47. The molecule has 0 saturated carbocycles. The number of aromatic amines is 1. The van der Waals surface area contributed by atoms with Crippen molar-refractivity contribution >= 4 is 39.0 Å². The number of thiophene rings is 1.